The van der Waals surface area contributed by atoms with Gasteiger partial charge in [-0.25, -0.2) is 14.4 Å². The number of hydrogen-bond acceptors (Lipinski definition) is 4. The van der Waals surface area contributed by atoms with Gasteiger partial charge in [-0.2, -0.15) is 0 Å². The Hall–Kier alpha value is -1.88. The molecule has 1 heterocycles. The fraction of sp³-hybridized carbons (Fsp3) is 0.167. The topological polar surface area (TPSA) is 63.8 Å². The van der Waals surface area contributed by atoms with E-state index in [-0.39, 0.29) is 5.02 Å². The van der Waals surface area contributed by atoms with E-state index >= 15 is 0 Å². The van der Waals surface area contributed by atoms with Crippen LogP contribution in [0.3, 0.4) is 0 Å². The molecular formula is C12H12ClFN4. The first-order valence-corrected chi connectivity index (χ1v) is 5.71. The highest BCUT2D eigenvalue weighted by molar-refractivity contribution is 6.31. The van der Waals surface area contributed by atoms with Crippen molar-refractivity contribution < 1.29 is 4.39 Å². The zero-order valence-electron chi connectivity index (χ0n) is 9.74. The van der Waals surface area contributed by atoms with Gasteiger partial charge in [0.25, 0.3) is 0 Å². The average Bonchev–Trinajstić information content (AvgIpc) is 2.32. The molecule has 0 saturated carbocycles. The zero-order valence-corrected chi connectivity index (χ0v) is 10.5. The summed E-state index contributed by atoms with van der Waals surface area (Å²) in [5.74, 6) is 0.178. The van der Waals surface area contributed by atoms with Gasteiger partial charge in [-0.3, -0.25) is 0 Å². The van der Waals surface area contributed by atoms with Crippen LogP contribution in [0.5, 0.6) is 0 Å². The van der Waals surface area contributed by atoms with Crippen LogP contribution in [0.15, 0.2) is 24.4 Å². The molecule has 2 aromatic rings. The molecule has 2 rings (SSSR count). The quantitative estimate of drug-likeness (QED) is 0.839. The van der Waals surface area contributed by atoms with Crippen LogP contribution in [0.1, 0.15) is 11.5 Å². The lowest BCUT2D eigenvalue weighted by Crippen LogP contribution is -2.05. The molecule has 0 atom stereocenters. The number of benzene rings is 1. The monoisotopic (exact) mass is 266 g/mol. The minimum absolute atomic E-state index is 0.0101. The summed E-state index contributed by atoms with van der Waals surface area (Å²) in [5.41, 5.74) is 7.43. The summed E-state index contributed by atoms with van der Waals surface area (Å²) < 4.78 is 13.3. The lowest BCUT2D eigenvalue weighted by atomic mass is 10.2. The molecule has 0 bridgehead atoms. The van der Waals surface area contributed by atoms with Gasteiger partial charge < -0.3 is 11.1 Å². The van der Waals surface area contributed by atoms with Gasteiger partial charge in [-0.1, -0.05) is 11.6 Å². The third-order valence-electron chi connectivity index (χ3n) is 2.39. The molecule has 0 unspecified atom stereocenters. The Morgan fingerprint density at radius 3 is 2.94 bits per heavy atom. The third kappa shape index (κ3) is 2.87. The van der Waals surface area contributed by atoms with E-state index in [4.69, 9.17) is 17.3 Å². The van der Waals surface area contributed by atoms with Gasteiger partial charge in [-0.15, -0.1) is 0 Å². The first-order chi connectivity index (χ1) is 8.56. The Morgan fingerprint density at radius 1 is 1.44 bits per heavy atom. The van der Waals surface area contributed by atoms with Crippen LogP contribution in [0, 0.1) is 12.7 Å². The minimum atomic E-state index is -0.507. The highest BCUT2D eigenvalue weighted by Crippen LogP contribution is 2.26. The smallest absolute Gasteiger partial charge is 0.143 e. The van der Waals surface area contributed by atoms with Gasteiger partial charge >= 0.3 is 0 Å². The Morgan fingerprint density at radius 2 is 2.22 bits per heavy atom. The Balaban J connectivity index is 2.13. The van der Waals surface area contributed by atoms with Gasteiger partial charge in [0.05, 0.1) is 28.6 Å². The van der Waals surface area contributed by atoms with E-state index in [0.29, 0.717) is 23.7 Å². The predicted octanol–water partition coefficient (Wildman–Crippen LogP) is 2.77. The van der Waals surface area contributed by atoms with Gasteiger partial charge in [0, 0.05) is 12.3 Å². The number of nitrogen functional groups attached to an aromatic ring is 1. The summed E-state index contributed by atoms with van der Waals surface area (Å²) in [6.45, 7) is 2.24. The predicted molar refractivity (Wildman–Crippen MR) is 69.9 cm³/mol. The highest BCUT2D eigenvalue weighted by atomic mass is 35.5. The van der Waals surface area contributed by atoms with E-state index in [9.17, 15) is 4.39 Å². The molecule has 3 N–H and O–H groups in total. The van der Waals surface area contributed by atoms with Crippen molar-refractivity contribution in [3.8, 4) is 0 Å². The molecule has 0 saturated heterocycles. The van der Waals surface area contributed by atoms with Crippen LogP contribution in [-0.4, -0.2) is 9.97 Å². The standard InChI is InChI=1S/C12H12ClFN4/c1-7-16-3-2-8(18-7)6-17-12-5-10(14)9(13)4-11(12)15/h2-5,17H,6,15H2,1H3. The van der Waals surface area contributed by atoms with Crippen LogP contribution >= 0.6 is 11.6 Å². The zero-order chi connectivity index (χ0) is 13.1. The second kappa shape index (κ2) is 5.18. The number of nitrogens with two attached hydrogens (primary N) is 1. The molecular weight excluding hydrogens is 255 g/mol. The summed E-state index contributed by atoms with van der Waals surface area (Å²) in [4.78, 5) is 8.22. The number of hydrogen-bond donors (Lipinski definition) is 2. The molecule has 0 spiro atoms. The van der Waals surface area contributed by atoms with E-state index in [1.165, 1.54) is 12.1 Å². The van der Waals surface area contributed by atoms with Gasteiger partial charge in [0.1, 0.15) is 11.6 Å². The number of nitrogens with one attached hydrogen (secondary N) is 1. The van der Waals surface area contributed by atoms with E-state index < -0.39 is 5.82 Å². The molecule has 94 valence electrons. The normalized spacial score (nSPS) is 10.4. The summed E-state index contributed by atoms with van der Waals surface area (Å²) in [6.07, 6.45) is 1.67. The van der Waals surface area contributed by atoms with Crippen molar-refractivity contribution in [3.63, 3.8) is 0 Å². The number of nitrogens with zero attached hydrogens (tertiary/aromatic N) is 2. The van der Waals surface area contributed by atoms with Crippen molar-refractivity contribution in [1.82, 2.24) is 9.97 Å². The lowest BCUT2D eigenvalue weighted by molar-refractivity contribution is 0.629. The number of anilines is 2. The van der Waals surface area contributed by atoms with E-state index in [1.807, 2.05) is 0 Å². The summed E-state index contributed by atoms with van der Waals surface area (Å²) in [7, 11) is 0. The first-order valence-electron chi connectivity index (χ1n) is 5.33. The molecule has 0 aliphatic carbocycles. The molecule has 6 heteroatoms. The maximum Gasteiger partial charge on any atom is 0.143 e. The van der Waals surface area contributed by atoms with Crippen LogP contribution in [0.2, 0.25) is 5.02 Å². The second-order valence-electron chi connectivity index (χ2n) is 3.80. The second-order valence-corrected chi connectivity index (χ2v) is 4.21. The van der Waals surface area contributed by atoms with Crippen LogP contribution in [0.25, 0.3) is 0 Å². The fourth-order valence-corrected chi connectivity index (χ4v) is 1.68. The molecule has 0 radical (unpaired) electrons. The van der Waals surface area contributed by atoms with Crippen molar-refractivity contribution in [2.45, 2.75) is 13.5 Å². The van der Waals surface area contributed by atoms with Crippen LogP contribution in [0.4, 0.5) is 15.8 Å². The molecule has 18 heavy (non-hydrogen) atoms. The van der Waals surface area contributed by atoms with Gasteiger partial charge in [0.15, 0.2) is 0 Å². The fourth-order valence-electron chi connectivity index (χ4n) is 1.50. The molecule has 1 aromatic heterocycles. The largest absolute Gasteiger partial charge is 0.397 e. The van der Waals surface area contributed by atoms with Crippen LogP contribution < -0.4 is 11.1 Å². The molecule has 0 amide bonds. The minimum Gasteiger partial charge on any atom is -0.397 e. The van der Waals surface area contributed by atoms with E-state index in [2.05, 4.69) is 15.3 Å². The summed E-state index contributed by atoms with van der Waals surface area (Å²) in [6, 6.07) is 4.43. The summed E-state index contributed by atoms with van der Waals surface area (Å²) in [5, 5.41) is 3.02. The third-order valence-corrected chi connectivity index (χ3v) is 2.68. The Kier molecular flexibility index (Phi) is 3.62. The number of halogens is 2. The number of aryl methyl sites for hydroxylation is 1. The maximum absolute atomic E-state index is 13.3. The van der Waals surface area contributed by atoms with Crippen LogP contribution in [-0.2, 0) is 6.54 Å². The molecule has 0 aliphatic heterocycles. The highest BCUT2D eigenvalue weighted by Gasteiger charge is 2.06. The molecule has 1 aromatic carbocycles. The van der Waals surface area contributed by atoms with E-state index in [0.717, 1.165) is 5.69 Å². The summed E-state index contributed by atoms with van der Waals surface area (Å²) >= 11 is 5.62. The van der Waals surface area contributed by atoms with Crippen molar-refractivity contribution in [2.24, 2.45) is 0 Å². The van der Waals surface area contributed by atoms with Crippen molar-refractivity contribution >= 4 is 23.0 Å². The van der Waals surface area contributed by atoms with Gasteiger partial charge in [-0.05, 0) is 19.1 Å². The van der Waals surface area contributed by atoms with Crippen molar-refractivity contribution in [1.29, 1.82) is 0 Å². The van der Waals surface area contributed by atoms with Crippen molar-refractivity contribution in [2.75, 3.05) is 11.1 Å². The molecule has 0 fully saturated rings. The SMILES string of the molecule is Cc1nccc(CNc2cc(F)c(Cl)cc2N)n1. The first kappa shape index (κ1) is 12.6. The molecule has 0 aliphatic rings. The average molecular weight is 267 g/mol. The van der Waals surface area contributed by atoms with Gasteiger partial charge in [0.2, 0.25) is 0 Å². The Bertz CT molecular complexity index is 574. The Labute approximate surface area is 109 Å². The number of aromatic nitrogens is 2. The van der Waals surface area contributed by atoms with Crippen molar-refractivity contribution in [3.05, 3.63) is 46.8 Å². The maximum atomic E-state index is 13.3. The lowest BCUT2D eigenvalue weighted by Gasteiger charge is -2.10. The van der Waals surface area contributed by atoms with E-state index in [1.54, 1.807) is 19.2 Å². The molecule has 4 nitrogen and oxygen atoms in total. The number of rotatable bonds is 3.